The number of halogens is 3. The number of carbonyl (C=O) groups excluding carboxylic acids is 3. The number of rotatable bonds is 12. The van der Waals surface area contributed by atoms with E-state index < -0.39 is 48.0 Å². The molecule has 0 aliphatic carbocycles. The third kappa shape index (κ3) is 8.96. The molecule has 2 atom stereocenters. The van der Waals surface area contributed by atoms with Gasteiger partial charge < -0.3 is 31.3 Å². The van der Waals surface area contributed by atoms with Gasteiger partial charge in [-0.2, -0.15) is 4.37 Å². The molecule has 15 heteroatoms. The topological polar surface area (TPSA) is 176 Å². The molecule has 1 heterocycles. The van der Waals surface area contributed by atoms with Crippen LogP contribution in [-0.4, -0.2) is 57.2 Å². The number of anilines is 1. The number of aliphatic hydroxyl groups excluding tert-OH is 2. The lowest BCUT2D eigenvalue weighted by Gasteiger charge is -2.17. The summed E-state index contributed by atoms with van der Waals surface area (Å²) in [5.74, 6) is -3.46. The Balaban J connectivity index is 1.93. The maximum absolute atomic E-state index is 14.0. The van der Waals surface area contributed by atoms with Crippen molar-refractivity contribution in [1.29, 1.82) is 0 Å². The lowest BCUT2D eigenvalue weighted by molar-refractivity contribution is -0.123. The van der Waals surface area contributed by atoms with Gasteiger partial charge >= 0.3 is 6.03 Å². The Labute approximate surface area is 217 Å². The third-order valence-electron chi connectivity index (χ3n) is 4.51. The molecule has 0 bridgehead atoms. The standard InChI is InChI=1S/C21H26BrF2N5O6S/c1-9(2)27-16(32)6-11(30)5-12(31)7-26-21(34)28-20-17(18(25)33)19(29-36-20)35-8-13-14(23)3-10(22)4-15(13)24/h3-4,9,11-12,30-31H,5-8H2,1-2H3,(H2,25,33)(H,27,32)(H2,26,28,34). The van der Waals surface area contributed by atoms with Gasteiger partial charge in [0.2, 0.25) is 11.8 Å². The SMILES string of the molecule is CC(C)NC(=O)CC(O)CC(O)CNC(=O)Nc1snc(OCc2c(F)cc(Br)cc2F)c1C(N)=O. The van der Waals surface area contributed by atoms with Gasteiger partial charge in [0.1, 0.15) is 28.8 Å². The second kappa shape index (κ2) is 13.4. The van der Waals surface area contributed by atoms with E-state index in [9.17, 15) is 33.4 Å². The number of primary amides is 1. The molecule has 0 aliphatic rings. The zero-order valence-corrected chi connectivity index (χ0v) is 21.7. The number of aromatic nitrogens is 1. The van der Waals surface area contributed by atoms with Crippen molar-refractivity contribution in [3.8, 4) is 5.88 Å². The molecule has 1 aromatic carbocycles. The van der Waals surface area contributed by atoms with Crippen molar-refractivity contribution in [3.63, 3.8) is 0 Å². The Morgan fingerprint density at radius 2 is 1.83 bits per heavy atom. The fraction of sp³-hybridized carbons (Fsp3) is 0.429. The van der Waals surface area contributed by atoms with Gasteiger partial charge in [0, 0.05) is 23.5 Å². The summed E-state index contributed by atoms with van der Waals surface area (Å²) in [4.78, 5) is 35.8. The normalized spacial score (nSPS) is 12.7. The Morgan fingerprint density at radius 1 is 1.19 bits per heavy atom. The van der Waals surface area contributed by atoms with Crippen molar-refractivity contribution in [2.45, 2.75) is 51.5 Å². The Hall–Kier alpha value is -2.88. The van der Waals surface area contributed by atoms with E-state index in [1.807, 2.05) is 0 Å². The minimum absolute atomic E-state index is 0.0911. The van der Waals surface area contributed by atoms with E-state index >= 15 is 0 Å². The Bertz CT molecular complexity index is 1080. The number of aliphatic hydroxyl groups is 2. The lowest BCUT2D eigenvalue weighted by atomic mass is 10.1. The highest BCUT2D eigenvalue weighted by atomic mass is 79.9. The highest BCUT2D eigenvalue weighted by Crippen LogP contribution is 2.31. The highest BCUT2D eigenvalue weighted by Gasteiger charge is 2.23. The van der Waals surface area contributed by atoms with Crippen LogP contribution in [0.2, 0.25) is 0 Å². The fourth-order valence-corrected chi connectivity index (χ4v) is 4.10. The van der Waals surface area contributed by atoms with E-state index in [0.29, 0.717) is 11.5 Å². The van der Waals surface area contributed by atoms with Gasteiger partial charge in [-0.25, -0.2) is 13.6 Å². The van der Waals surface area contributed by atoms with Crippen molar-refractivity contribution in [3.05, 3.63) is 39.4 Å². The van der Waals surface area contributed by atoms with Crippen molar-refractivity contribution in [2.24, 2.45) is 5.73 Å². The number of amides is 4. The van der Waals surface area contributed by atoms with Crippen LogP contribution in [0.25, 0.3) is 0 Å². The number of nitrogens with one attached hydrogen (secondary N) is 3. The summed E-state index contributed by atoms with van der Waals surface area (Å²) in [5, 5.41) is 27.1. The second-order valence-electron chi connectivity index (χ2n) is 8.00. The smallest absolute Gasteiger partial charge is 0.320 e. The summed E-state index contributed by atoms with van der Waals surface area (Å²) in [7, 11) is 0. The third-order valence-corrected chi connectivity index (χ3v) is 5.71. The van der Waals surface area contributed by atoms with Crippen LogP contribution in [0.3, 0.4) is 0 Å². The molecule has 0 spiro atoms. The maximum Gasteiger partial charge on any atom is 0.320 e. The predicted molar refractivity (Wildman–Crippen MR) is 131 cm³/mol. The summed E-state index contributed by atoms with van der Waals surface area (Å²) < 4.78 is 37.4. The van der Waals surface area contributed by atoms with Crippen LogP contribution in [0.15, 0.2) is 16.6 Å². The van der Waals surface area contributed by atoms with Gasteiger partial charge in [0.15, 0.2) is 0 Å². The first kappa shape index (κ1) is 29.4. The van der Waals surface area contributed by atoms with Crippen LogP contribution < -0.4 is 26.4 Å². The molecule has 0 fully saturated rings. The van der Waals surface area contributed by atoms with Crippen molar-refractivity contribution >= 4 is 50.3 Å². The number of urea groups is 1. The van der Waals surface area contributed by atoms with E-state index in [1.165, 1.54) is 0 Å². The number of hydrogen-bond donors (Lipinski definition) is 6. The summed E-state index contributed by atoms with van der Waals surface area (Å²) in [6, 6.07) is 1.17. The number of benzene rings is 1. The minimum atomic E-state index is -1.16. The molecule has 2 aromatic rings. The lowest BCUT2D eigenvalue weighted by Crippen LogP contribution is -2.38. The van der Waals surface area contributed by atoms with Gasteiger partial charge in [-0.05, 0) is 37.5 Å². The molecule has 2 rings (SSSR count). The molecule has 7 N–H and O–H groups in total. The summed E-state index contributed by atoms with van der Waals surface area (Å²) in [6.45, 7) is 2.67. The van der Waals surface area contributed by atoms with Crippen LogP contribution in [0, 0.1) is 11.6 Å². The largest absolute Gasteiger partial charge is 0.471 e. The number of nitrogens with zero attached hydrogens (tertiary/aromatic N) is 1. The number of nitrogens with two attached hydrogens (primary N) is 1. The molecule has 36 heavy (non-hydrogen) atoms. The molecule has 2 unspecified atom stereocenters. The van der Waals surface area contributed by atoms with Gasteiger partial charge in [-0.3, -0.25) is 14.9 Å². The van der Waals surface area contributed by atoms with Crippen molar-refractivity contribution < 1.29 is 38.1 Å². The summed E-state index contributed by atoms with van der Waals surface area (Å²) in [5.41, 5.74) is 4.65. The molecule has 4 amide bonds. The molecule has 0 saturated heterocycles. The first-order valence-corrected chi connectivity index (χ1v) is 12.2. The average molecular weight is 594 g/mol. The zero-order chi connectivity index (χ0) is 27.0. The number of ether oxygens (including phenoxy) is 1. The molecular weight excluding hydrogens is 568 g/mol. The van der Waals surface area contributed by atoms with Crippen LogP contribution in [0.1, 0.15) is 42.6 Å². The average Bonchev–Trinajstić information content (AvgIpc) is 3.13. The van der Waals surface area contributed by atoms with Crippen LogP contribution in [0.4, 0.5) is 18.6 Å². The van der Waals surface area contributed by atoms with Crippen molar-refractivity contribution in [1.82, 2.24) is 15.0 Å². The maximum atomic E-state index is 14.0. The summed E-state index contributed by atoms with van der Waals surface area (Å²) >= 11 is 3.61. The van der Waals surface area contributed by atoms with Crippen molar-refractivity contribution in [2.75, 3.05) is 11.9 Å². The van der Waals surface area contributed by atoms with E-state index in [4.69, 9.17) is 10.5 Å². The molecule has 198 valence electrons. The van der Waals surface area contributed by atoms with Crippen LogP contribution in [-0.2, 0) is 11.4 Å². The van der Waals surface area contributed by atoms with Gasteiger partial charge in [-0.1, -0.05) is 15.9 Å². The van der Waals surface area contributed by atoms with E-state index in [-0.39, 0.29) is 52.3 Å². The van der Waals surface area contributed by atoms with Gasteiger partial charge in [0.25, 0.3) is 5.91 Å². The molecule has 11 nitrogen and oxygen atoms in total. The molecule has 0 aliphatic heterocycles. The van der Waals surface area contributed by atoms with E-state index in [0.717, 1.165) is 12.1 Å². The minimum Gasteiger partial charge on any atom is -0.471 e. The van der Waals surface area contributed by atoms with Gasteiger partial charge in [-0.15, -0.1) is 0 Å². The highest BCUT2D eigenvalue weighted by molar-refractivity contribution is 9.10. The summed E-state index contributed by atoms with van der Waals surface area (Å²) in [6.07, 6.45) is -2.66. The first-order chi connectivity index (χ1) is 16.9. The quantitative estimate of drug-likeness (QED) is 0.218. The first-order valence-electron chi connectivity index (χ1n) is 10.6. The molecule has 0 radical (unpaired) electrons. The monoisotopic (exact) mass is 593 g/mol. The van der Waals surface area contributed by atoms with E-state index in [2.05, 4.69) is 36.3 Å². The van der Waals surface area contributed by atoms with Crippen LogP contribution in [0.5, 0.6) is 5.88 Å². The second-order valence-corrected chi connectivity index (χ2v) is 9.69. The van der Waals surface area contributed by atoms with Crippen LogP contribution >= 0.6 is 27.5 Å². The molecule has 0 saturated carbocycles. The zero-order valence-electron chi connectivity index (χ0n) is 19.3. The van der Waals surface area contributed by atoms with Gasteiger partial charge in [0.05, 0.1) is 24.2 Å². The molecular formula is C21H26BrF2N5O6S. The Kier molecular flexibility index (Phi) is 11.0. The predicted octanol–water partition coefficient (Wildman–Crippen LogP) is 2.01. The number of hydrogen-bond acceptors (Lipinski definition) is 8. The number of carbonyl (C=O) groups is 3. The Morgan fingerprint density at radius 3 is 2.42 bits per heavy atom. The molecule has 1 aromatic heterocycles. The fourth-order valence-electron chi connectivity index (χ4n) is 2.96. The van der Waals surface area contributed by atoms with E-state index in [1.54, 1.807) is 13.8 Å².